The van der Waals surface area contributed by atoms with Crippen molar-refractivity contribution in [2.45, 2.75) is 6.54 Å². The zero-order valence-electron chi connectivity index (χ0n) is 19.4. The minimum atomic E-state index is -0.486. The summed E-state index contributed by atoms with van der Waals surface area (Å²) in [4.78, 5) is 22.8. The highest BCUT2D eigenvalue weighted by Crippen LogP contribution is 2.34. The molecule has 0 atom stereocenters. The number of benzene rings is 1. The Hall–Kier alpha value is -4.57. The van der Waals surface area contributed by atoms with Gasteiger partial charge in [0.15, 0.2) is 11.5 Å². The van der Waals surface area contributed by atoms with Crippen molar-refractivity contribution in [3.05, 3.63) is 78.4 Å². The van der Waals surface area contributed by atoms with Crippen LogP contribution in [0.2, 0.25) is 0 Å². The van der Waals surface area contributed by atoms with E-state index in [1.807, 2.05) is 25.1 Å². The van der Waals surface area contributed by atoms with Crippen LogP contribution in [0.1, 0.15) is 5.56 Å². The summed E-state index contributed by atoms with van der Waals surface area (Å²) >= 11 is 0. The number of pyridine rings is 3. The fourth-order valence-electron chi connectivity index (χ4n) is 4.31. The van der Waals surface area contributed by atoms with Crippen molar-refractivity contribution < 1.29 is 8.78 Å². The number of aromatic amines is 2. The van der Waals surface area contributed by atoms with Crippen molar-refractivity contribution in [3.63, 3.8) is 0 Å². The molecule has 178 valence electrons. The Morgan fingerprint density at radius 2 is 1.81 bits per heavy atom. The SMILES string of the molecule is CN(C)Cc1cncc(-c2cnc3[nH]nc(-c4nc5c(-c6ccccc6F)nccc5[nH]4)c3c2F)c1. The Morgan fingerprint density at radius 1 is 0.944 bits per heavy atom. The largest absolute Gasteiger partial charge is 0.336 e. The topological polar surface area (TPSA) is 99.3 Å². The van der Waals surface area contributed by atoms with E-state index >= 15 is 4.39 Å². The smallest absolute Gasteiger partial charge is 0.159 e. The lowest BCUT2D eigenvalue weighted by Crippen LogP contribution is -2.10. The third-order valence-corrected chi connectivity index (χ3v) is 5.88. The number of hydrogen-bond acceptors (Lipinski definition) is 6. The number of nitrogens with one attached hydrogen (secondary N) is 2. The van der Waals surface area contributed by atoms with Gasteiger partial charge in [-0.3, -0.25) is 15.1 Å². The van der Waals surface area contributed by atoms with Crippen LogP contribution in [0.15, 0.2) is 61.2 Å². The Labute approximate surface area is 204 Å². The lowest BCUT2D eigenvalue weighted by molar-refractivity contribution is 0.402. The quantitative estimate of drug-likeness (QED) is 0.360. The third kappa shape index (κ3) is 3.68. The highest BCUT2D eigenvalue weighted by atomic mass is 19.1. The number of hydrogen-bond donors (Lipinski definition) is 2. The molecule has 6 rings (SSSR count). The number of rotatable bonds is 5. The van der Waals surface area contributed by atoms with E-state index in [1.165, 1.54) is 12.3 Å². The Balaban J connectivity index is 1.50. The molecule has 0 unspecified atom stereocenters. The van der Waals surface area contributed by atoms with Crippen LogP contribution in [0, 0.1) is 11.6 Å². The van der Waals surface area contributed by atoms with Gasteiger partial charge in [0.25, 0.3) is 0 Å². The first-order valence-corrected chi connectivity index (χ1v) is 11.2. The Bertz CT molecular complexity index is 1740. The molecule has 5 aromatic heterocycles. The van der Waals surface area contributed by atoms with Gasteiger partial charge in [0, 0.05) is 48.0 Å². The van der Waals surface area contributed by atoms with E-state index in [9.17, 15) is 4.39 Å². The van der Waals surface area contributed by atoms with Crippen molar-refractivity contribution in [2.75, 3.05) is 14.1 Å². The molecule has 8 nitrogen and oxygen atoms in total. The molecule has 0 spiro atoms. The van der Waals surface area contributed by atoms with Crippen molar-refractivity contribution in [2.24, 2.45) is 0 Å². The summed E-state index contributed by atoms with van der Waals surface area (Å²) in [6.45, 7) is 0.673. The van der Waals surface area contributed by atoms with E-state index in [0.29, 0.717) is 45.8 Å². The van der Waals surface area contributed by atoms with Crippen LogP contribution in [0.3, 0.4) is 0 Å². The maximum atomic E-state index is 15.9. The normalized spacial score (nSPS) is 11.7. The number of imidazole rings is 1. The molecule has 6 aromatic rings. The van der Waals surface area contributed by atoms with Gasteiger partial charge in [-0.1, -0.05) is 12.1 Å². The molecular formula is C26H20F2N8. The fourth-order valence-corrected chi connectivity index (χ4v) is 4.31. The van der Waals surface area contributed by atoms with Gasteiger partial charge >= 0.3 is 0 Å². The predicted octanol–water partition coefficient (Wildman–Crippen LogP) is 4.97. The van der Waals surface area contributed by atoms with Gasteiger partial charge in [0.1, 0.15) is 28.5 Å². The van der Waals surface area contributed by atoms with Gasteiger partial charge in [0.2, 0.25) is 0 Å². The molecule has 0 saturated heterocycles. The Kier molecular flexibility index (Phi) is 5.23. The minimum Gasteiger partial charge on any atom is -0.336 e. The minimum absolute atomic E-state index is 0.199. The van der Waals surface area contributed by atoms with Crippen molar-refractivity contribution in [1.82, 2.24) is 40.0 Å². The lowest BCUT2D eigenvalue weighted by atomic mass is 10.1. The van der Waals surface area contributed by atoms with Crippen LogP contribution < -0.4 is 0 Å². The second kappa shape index (κ2) is 8.58. The highest BCUT2D eigenvalue weighted by molar-refractivity contribution is 5.96. The fraction of sp³-hybridized carbons (Fsp3) is 0.115. The molecular weight excluding hydrogens is 462 g/mol. The maximum Gasteiger partial charge on any atom is 0.159 e. The molecule has 0 fully saturated rings. The highest BCUT2D eigenvalue weighted by Gasteiger charge is 2.22. The molecule has 0 radical (unpaired) electrons. The third-order valence-electron chi connectivity index (χ3n) is 5.88. The van der Waals surface area contributed by atoms with E-state index in [1.54, 1.807) is 42.9 Å². The van der Waals surface area contributed by atoms with Gasteiger partial charge in [-0.25, -0.2) is 18.7 Å². The predicted molar refractivity (Wildman–Crippen MR) is 133 cm³/mol. The van der Waals surface area contributed by atoms with Crippen molar-refractivity contribution in [3.8, 4) is 33.9 Å². The molecule has 0 aliphatic heterocycles. The summed E-state index contributed by atoms with van der Waals surface area (Å²) in [5.41, 5.74) is 4.23. The van der Waals surface area contributed by atoms with Gasteiger partial charge in [-0.15, -0.1) is 0 Å². The van der Waals surface area contributed by atoms with Gasteiger partial charge < -0.3 is 9.88 Å². The molecule has 5 heterocycles. The number of H-pyrrole nitrogens is 2. The number of fused-ring (bicyclic) bond motifs is 2. The van der Waals surface area contributed by atoms with Gasteiger partial charge in [0.05, 0.1) is 10.9 Å². The van der Waals surface area contributed by atoms with Crippen LogP contribution in [-0.4, -0.2) is 54.1 Å². The summed E-state index contributed by atoms with van der Waals surface area (Å²) in [6, 6.07) is 9.99. The zero-order chi connectivity index (χ0) is 24.8. The van der Waals surface area contributed by atoms with Crippen molar-refractivity contribution in [1.29, 1.82) is 0 Å². The molecule has 0 saturated carbocycles. The van der Waals surface area contributed by atoms with Gasteiger partial charge in [-0.2, -0.15) is 5.10 Å². The van der Waals surface area contributed by atoms with Crippen LogP contribution in [0.5, 0.6) is 0 Å². The molecule has 0 aliphatic rings. The molecule has 0 amide bonds. The first-order chi connectivity index (χ1) is 17.5. The molecule has 36 heavy (non-hydrogen) atoms. The second-order valence-electron chi connectivity index (χ2n) is 8.72. The first-order valence-electron chi connectivity index (χ1n) is 11.2. The zero-order valence-corrected chi connectivity index (χ0v) is 19.4. The monoisotopic (exact) mass is 482 g/mol. The van der Waals surface area contributed by atoms with E-state index < -0.39 is 11.6 Å². The first kappa shape index (κ1) is 21.9. The standard InChI is InChI=1S/C26H20F2N8/c1-36(2)13-14-9-15(11-29-10-14)17-12-31-25-20(21(17)28)24(34-35-25)26-32-19-7-8-30-22(23(19)33-26)16-5-3-4-6-18(16)27/h3-12H,13H2,1-2H3,(H,32,33)(H,31,34,35). The number of halogens is 2. The summed E-state index contributed by atoms with van der Waals surface area (Å²) in [7, 11) is 3.91. The van der Waals surface area contributed by atoms with E-state index in [2.05, 4.69) is 35.1 Å². The molecule has 0 aliphatic carbocycles. The second-order valence-corrected chi connectivity index (χ2v) is 8.72. The summed E-state index contributed by atoms with van der Waals surface area (Å²) < 4.78 is 30.4. The molecule has 2 N–H and O–H groups in total. The molecule has 0 bridgehead atoms. The average Bonchev–Trinajstić information content (AvgIpc) is 3.49. The van der Waals surface area contributed by atoms with E-state index in [4.69, 9.17) is 0 Å². The van der Waals surface area contributed by atoms with Crippen LogP contribution in [0.4, 0.5) is 8.78 Å². The van der Waals surface area contributed by atoms with Gasteiger partial charge in [-0.05, 0) is 43.9 Å². The van der Waals surface area contributed by atoms with Crippen molar-refractivity contribution >= 4 is 22.1 Å². The summed E-state index contributed by atoms with van der Waals surface area (Å²) in [5.74, 6) is -0.572. The molecule has 1 aromatic carbocycles. The van der Waals surface area contributed by atoms with Crippen LogP contribution in [-0.2, 0) is 6.54 Å². The average molecular weight is 482 g/mol. The van der Waals surface area contributed by atoms with Crippen LogP contribution >= 0.6 is 0 Å². The lowest BCUT2D eigenvalue weighted by Gasteiger charge is -2.11. The van der Waals surface area contributed by atoms with E-state index in [0.717, 1.165) is 5.56 Å². The summed E-state index contributed by atoms with van der Waals surface area (Å²) in [5, 5.41) is 7.28. The van der Waals surface area contributed by atoms with Crippen LogP contribution in [0.25, 0.3) is 56.0 Å². The number of nitrogens with zero attached hydrogens (tertiary/aromatic N) is 6. The Morgan fingerprint density at radius 3 is 2.64 bits per heavy atom. The molecule has 10 heteroatoms. The maximum absolute atomic E-state index is 15.9. The van der Waals surface area contributed by atoms with E-state index in [-0.39, 0.29) is 16.7 Å². The summed E-state index contributed by atoms with van der Waals surface area (Å²) in [6.07, 6.45) is 6.40. The number of aromatic nitrogens is 7.